The molecule has 0 aliphatic heterocycles. The Morgan fingerprint density at radius 2 is 2.00 bits per heavy atom. The molecule has 0 spiro atoms. The molecule has 0 aliphatic rings. The third-order valence-corrected chi connectivity index (χ3v) is 4.09. The highest BCUT2D eigenvalue weighted by Crippen LogP contribution is 2.27. The predicted molar refractivity (Wildman–Crippen MR) is 84.7 cm³/mol. The Morgan fingerprint density at radius 3 is 2.60 bits per heavy atom. The fourth-order valence-corrected chi connectivity index (χ4v) is 2.62. The lowest BCUT2D eigenvalue weighted by Crippen LogP contribution is -2.36. The van der Waals surface area contributed by atoms with Crippen LogP contribution in [0.2, 0.25) is 0 Å². The van der Waals surface area contributed by atoms with Gasteiger partial charge in [0.2, 0.25) is 0 Å². The second-order valence-corrected chi connectivity index (χ2v) is 5.54. The first-order valence-corrected chi connectivity index (χ1v) is 7.62. The molecule has 110 valence electrons. The summed E-state index contributed by atoms with van der Waals surface area (Å²) in [6.45, 7) is 9.35. The summed E-state index contributed by atoms with van der Waals surface area (Å²) in [6.07, 6.45) is 1.19. The first kappa shape index (κ1) is 15.1. The maximum absolute atomic E-state index is 6.02. The van der Waals surface area contributed by atoms with Gasteiger partial charge < -0.3 is 10.2 Å². The van der Waals surface area contributed by atoms with Gasteiger partial charge in [-0.25, -0.2) is 0 Å². The van der Waals surface area contributed by atoms with Gasteiger partial charge in [0.1, 0.15) is 11.3 Å². The lowest BCUT2D eigenvalue weighted by Gasteiger charge is -2.30. The third kappa shape index (κ3) is 3.22. The van der Waals surface area contributed by atoms with E-state index in [2.05, 4.69) is 37.8 Å². The topological polar surface area (TPSA) is 42.4 Å². The van der Waals surface area contributed by atoms with Crippen LogP contribution in [0.5, 0.6) is 0 Å². The highest BCUT2D eigenvalue weighted by atomic mass is 16.3. The lowest BCUT2D eigenvalue weighted by molar-refractivity contribution is 0.165. The van der Waals surface area contributed by atoms with Gasteiger partial charge >= 0.3 is 0 Å². The first-order chi connectivity index (χ1) is 9.69. The molecule has 1 heterocycles. The van der Waals surface area contributed by atoms with Crippen LogP contribution < -0.4 is 5.73 Å². The second-order valence-electron chi connectivity index (χ2n) is 5.54. The van der Waals surface area contributed by atoms with Gasteiger partial charge in [-0.2, -0.15) is 0 Å². The number of furan rings is 1. The van der Waals surface area contributed by atoms with Crippen molar-refractivity contribution in [3.63, 3.8) is 0 Å². The summed E-state index contributed by atoms with van der Waals surface area (Å²) in [5.41, 5.74) is 6.96. The molecule has 2 N–H and O–H groups in total. The van der Waals surface area contributed by atoms with Gasteiger partial charge in [-0.15, -0.1) is 0 Å². The maximum Gasteiger partial charge on any atom is 0.134 e. The van der Waals surface area contributed by atoms with Crippen LogP contribution in [0.15, 0.2) is 34.7 Å². The molecule has 1 aromatic heterocycles. The molecule has 2 aromatic rings. The van der Waals surface area contributed by atoms with Gasteiger partial charge in [0.15, 0.2) is 0 Å². The molecule has 0 aliphatic carbocycles. The molecule has 20 heavy (non-hydrogen) atoms. The van der Waals surface area contributed by atoms with Crippen molar-refractivity contribution in [3.8, 4) is 0 Å². The van der Waals surface area contributed by atoms with Crippen molar-refractivity contribution in [2.45, 2.75) is 33.2 Å². The number of rotatable bonds is 7. The van der Waals surface area contributed by atoms with Crippen molar-refractivity contribution in [2.75, 3.05) is 19.6 Å². The SMILES string of the molecule is CCC(C)CN(CC)C(CN)c1cc2ccccc2o1. The zero-order chi connectivity index (χ0) is 14.5. The van der Waals surface area contributed by atoms with E-state index in [1.165, 1.54) is 6.42 Å². The molecule has 2 unspecified atom stereocenters. The van der Waals surface area contributed by atoms with Crippen LogP contribution >= 0.6 is 0 Å². The predicted octanol–water partition coefficient (Wildman–Crippen LogP) is 3.80. The van der Waals surface area contributed by atoms with E-state index in [9.17, 15) is 0 Å². The quantitative estimate of drug-likeness (QED) is 0.835. The van der Waals surface area contributed by atoms with E-state index in [0.717, 1.165) is 29.8 Å². The van der Waals surface area contributed by atoms with E-state index in [0.29, 0.717) is 12.5 Å². The number of hydrogen-bond acceptors (Lipinski definition) is 3. The largest absolute Gasteiger partial charge is 0.459 e. The first-order valence-electron chi connectivity index (χ1n) is 7.62. The molecular weight excluding hydrogens is 248 g/mol. The van der Waals surface area contributed by atoms with Crippen LogP contribution in [0.1, 0.15) is 39.0 Å². The molecular formula is C17H26N2O. The third-order valence-electron chi connectivity index (χ3n) is 4.09. The van der Waals surface area contributed by atoms with Gasteiger partial charge in [-0.1, -0.05) is 45.4 Å². The van der Waals surface area contributed by atoms with Crippen LogP contribution in [0.25, 0.3) is 11.0 Å². The minimum absolute atomic E-state index is 0.168. The zero-order valence-electron chi connectivity index (χ0n) is 12.8. The monoisotopic (exact) mass is 274 g/mol. The fourth-order valence-electron chi connectivity index (χ4n) is 2.62. The number of fused-ring (bicyclic) bond motifs is 1. The number of benzene rings is 1. The minimum atomic E-state index is 0.168. The van der Waals surface area contributed by atoms with E-state index in [1.807, 2.05) is 18.2 Å². The zero-order valence-corrected chi connectivity index (χ0v) is 12.8. The number of para-hydroxylation sites is 1. The summed E-state index contributed by atoms with van der Waals surface area (Å²) in [6, 6.07) is 10.4. The van der Waals surface area contributed by atoms with E-state index in [1.54, 1.807) is 0 Å². The fraction of sp³-hybridized carbons (Fsp3) is 0.529. The van der Waals surface area contributed by atoms with Crippen molar-refractivity contribution in [2.24, 2.45) is 11.7 Å². The molecule has 2 rings (SSSR count). The number of hydrogen-bond donors (Lipinski definition) is 1. The Bertz CT molecular complexity index is 502. The Labute approximate surface area is 121 Å². The van der Waals surface area contributed by atoms with Gasteiger partial charge in [0.25, 0.3) is 0 Å². The smallest absolute Gasteiger partial charge is 0.134 e. The molecule has 1 aromatic carbocycles. The standard InChI is InChI=1S/C17H26N2O/c1-4-13(3)12-19(5-2)15(11-18)17-10-14-8-6-7-9-16(14)20-17/h6-10,13,15H,4-5,11-12,18H2,1-3H3. The molecule has 0 bridgehead atoms. The summed E-state index contributed by atoms with van der Waals surface area (Å²) in [4.78, 5) is 2.42. The summed E-state index contributed by atoms with van der Waals surface area (Å²) in [7, 11) is 0. The van der Waals surface area contributed by atoms with Crippen molar-refractivity contribution in [3.05, 3.63) is 36.1 Å². The molecule has 0 radical (unpaired) electrons. The van der Waals surface area contributed by atoms with Gasteiger partial charge in [0, 0.05) is 18.5 Å². The van der Waals surface area contributed by atoms with Gasteiger partial charge in [-0.05, 0) is 24.6 Å². The summed E-state index contributed by atoms with van der Waals surface area (Å²) in [5, 5.41) is 1.15. The van der Waals surface area contributed by atoms with E-state index < -0.39 is 0 Å². The summed E-state index contributed by atoms with van der Waals surface area (Å²) < 4.78 is 6.00. The van der Waals surface area contributed by atoms with Crippen LogP contribution in [0, 0.1) is 5.92 Å². The van der Waals surface area contributed by atoms with Crippen LogP contribution in [-0.2, 0) is 0 Å². The average Bonchev–Trinajstić information content (AvgIpc) is 2.90. The summed E-state index contributed by atoms with van der Waals surface area (Å²) in [5.74, 6) is 1.66. The van der Waals surface area contributed by atoms with Crippen LogP contribution in [0.3, 0.4) is 0 Å². The molecule has 2 atom stereocenters. The summed E-state index contributed by atoms with van der Waals surface area (Å²) >= 11 is 0. The van der Waals surface area contributed by atoms with E-state index in [4.69, 9.17) is 10.2 Å². The van der Waals surface area contributed by atoms with E-state index >= 15 is 0 Å². The normalized spacial score (nSPS) is 14.8. The van der Waals surface area contributed by atoms with Crippen LogP contribution in [0.4, 0.5) is 0 Å². The second kappa shape index (κ2) is 6.91. The van der Waals surface area contributed by atoms with Crippen molar-refractivity contribution < 1.29 is 4.42 Å². The number of likely N-dealkylation sites (N-methyl/N-ethyl adjacent to an activating group) is 1. The van der Waals surface area contributed by atoms with Crippen molar-refractivity contribution >= 4 is 11.0 Å². The lowest BCUT2D eigenvalue weighted by atomic mass is 10.1. The number of nitrogens with two attached hydrogens (primary N) is 1. The number of nitrogens with zero attached hydrogens (tertiary/aromatic N) is 1. The average molecular weight is 274 g/mol. The molecule has 0 saturated carbocycles. The Kier molecular flexibility index (Phi) is 5.21. The Hall–Kier alpha value is -1.32. The van der Waals surface area contributed by atoms with Crippen LogP contribution in [-0.4, -0.2) is 24.5 Å². The van der Waals surface area contributed by atoms with Gasteiger partial charge in [0.05, 0.1) is 6.04 Å². The van der Waals surface area contributed by atoms with Crippen molar-refractivity contribution in [1.82, 2.24) is 4.90 Å². The van der Waals surface area contributed by atoms with Gasteiger partial charge in [-0.3, -0.25) is 4.90 Å². The highest BCUT2D eigenvalue weighted by molar-refractivity contribution is 5.77. The minimum Gasteiger partial charge on any atom is -0.459 e. The molecule has 0 amide bonds. The molecule has 3 heteroatoms. The van der Waals surface area contributed by atoms with Crippen molar-refractivity contribution in [1.29, 1.82) is 0 Å². The molecule has 3 nitrogen and oxygen atoms in total. The molecule has 0 fully saturated rings. The Balaban J connectivity index is 2.25. The highest BCUT2D eigenvalue weighted by Gasteiger charge is 2.22. The maximum atomic E-state index is 6.02. The van der Waals surface area contributed by atoms with E-state index in [-0.39, 0.29) is 6.04 Å². The molecule has 0 saturated heterocycles. The Morgan fingerprint density at radius 1 is 1.25 bits per heavy atom.